The number of piperazine rings is 1. The Balaban J connectivity index is 1.23. The largest absolute Gasteiger partial charge is 0.478 e. The number of fused-ring (bicyclic) bond motifs is 1. The molecule has 2 N–H and O–H groups in total. The first-order valence-electron chi connectivity index (χ1n) is 10.5. The molecule has 0 radical (unpaired) electrons. The van der Waals surface area contributed by atoms with E-state index in [0.717, 1.165) is 52.2 Å². The number of hydrogen-bond donors (Lipinski definition) is 2. The summed E-state index contributed by atoms with van der Waals surface area (Å²) in [5, 5.41) is 13.5. The van der Waals surface area contributed by atoms with Crippen LogP contribution in [0.25, 0.3) is 10.9 Å². The smallest absolute Gasteiger partial charge is 0.336 e. The van der Waals surface area contributed by atoms with E-state index < -0.39 is 5.97 Å². The summed E-state index contributed by atoms with van der Waals surface area (Å²) >= 11 is 0. The molecule has 0 atom stereocenters. The van der Waals surface area contributed by atoms with Gasteiger partial charge in [0.1, 0.15) is 5.82 Å². The molecule has 1 fully saturated rings. The standard InChI is InChI=1S/C24H28N4O2/c29-24(30)21-17-23(26-22-10-5-4-9-20(21)22)25-11-6-12-27-13-15-28(16-14-27)18-19-7-2-1-3-8-19/h1-5,7-10,17H,6,11-16,18H2,(H,25,26)(H,29,30). The molecule has 4 rings (SSSR count). The fourth-order valence-corrected chi connectivity index (χ4v) is 3.97. The highest BCUT2D eigenvalue weighted by Crippen LogP contribution is 2.20. The maximum Gasteiger partial charge on any atom is 0.336 e. The number of nitrogens with zero attached hydrogens (tertiary/aromatic N) is 3. The normalized spacial score (nSPS) is 15.3. The maximum atomic E-state index is 11.6. The Morgan fingerprint density at radius 3 is 2.43 bits per heavy atom. The topological polar surface area (TPSA) is 68.7 Å². The average molecular weight is 405 g/mol. The van der Waals surface area contributed by atoms with Gasteiger partial charge in [0.25, 0.3) is 0 Å². The molecule has 3 aromatic rings. The van der Waals surface area contributed by atoms with Crippen LogP contribution in [0.5, 0.6) is 0 Å². The number of para-hydroxylation sites is 1. The average Bonchev–Trinajstić information content (AvgIpc) is 2.78. The SMILES string of the molecule is O=C(O)c1cc(NCCCN2CCN(Cc3ccccc3)CC2)nc2ccccc12. The molecule has 2 aromatic carbocycles. The van der Waals surface area contributed by atoms with Crippen LogP contribution in [0.15, 0.2) is 60.7 Å². The molecule has 0 saturated carbocycles. The first-order chi connectivity index (χ1) is 14.7. The summed E-state index contributed by atoms with van der Waals surface area (Å²) in [6, 6.07) is 19.6. The van der Waals surface area contributed by atoms with E-state index in [2.05, 4.69) is 50.4 Å². The van der Waals surface area contributed by atoms with Gasteiger partial charge in [0.05, 0.1) is 11.1 Å². The van der Waals surface area contributed by atoms with Crippen LogP contribution >= 0.6 is 0 Å². The number of rotatable bonds is 8. The number of aromatic carboxylic acids is 1. The molecule has 1 aromatic heterocycles. The van der Waals surface area contributed by atoms with Gasteiger partial charge in [0.2, 0.25) is 0 Å². The van der Waals surface area contributed by atoms with E-state index in [-0.39, 0.29) is 5.56 Å². The van der Waals surface area contributed by atoms with Crippen LogP contribution < -0.4 is 5.32 Å². The van der Waals surface area contributed by atoms with E-state index in [1.54, 1.807) is 12.1 Å². The summed E-state index contributed by atoms with van der Waals surface area (Å²) < 4.78 is 0. The minimum absolute atomic E-state index is 0.289. The summed E-state index contributed by atoms with van der Waals surface area (Å²) in [5.41, 5.74) is 2.37. The monoisotopic (exact) mass is 404 g/mol. The van der Waals surface area contributed by atoms with E-state index >= 15 is 0 Å². The van der Waals surface area contributed by atoms with Crippen molar-refractivity contribution in [1.82, 2.24) is 14.8 Å². The third-order valence-corrected chi connectivity index (χ3v) is 5.62. The fraction of sp³-hybridized carbons (Fsp3) is 0.333. The van der Waals surface area contributed by atoms with Crippen LogP contribution in [0.3, 0.4) is 0 Å². The van der Waals surface area contributed by atoms with E-state index in [9.17, 15) is 9.90 Å². The van der Waals surface area contributed by atoms with Crippen molar-refractivity contribution in [3.8, 4) is 0 Å². The quantitative estimate of drug-likeness (QED) is 0.560. The number of nitrogens with one attached hydrogen (secondary N) is 1. The lowest BCUT2D eigenvalue weighted by atomic mass is 10.1. The molecular weight excluding hydrogens is 376 g/mol. The second kappa shape index (κ2) is 9.69. The number of hydrogen-bond acceptors (Lipinski definition) is 5. The lowest BCUT2D eigenvalue weighted by molar-refractivity contribution is 0.0699. The van der Waals surface area contributed by atoms with E-state index in [0.29, 0.717) is 16.7 Å². The van der Waals surface area contributed by atoms with E-state index in [4.69, 9.17) is 0 Å². The number of carbonyl (C=O) groups is 1. The van der Waals surface area contributed by atoms with Crippen LogP contribution in [-0.4, -0.2) is 65.1 Å². The minimum atomic E-state index is -0.926. The van der Waals surface area contributed by atoms with Gasteiger partial charge >= 0.3 is 5.97 Å². The van der Waals surface area contributed by atoms with Crippen molar-refractivity contribution >= 4 is 22.7 Å². The molecule has 6 heteroatoms. The lowest BCUT2D eigenvalue weighted by Gasteiger charge is -2.34. The van der Waals surface area contributed by atoms with Crippen molar-refractivity contribution in [1.29, 1.82) is 0 Å². The Hall–Kier alpha value is -2.96. The molecule has 156 valence electrons. The molecule has 30 heavy (non-hydrogen) atoms. The summed E-state index contributed by atoms with van der Waals surface area (Å²) in [4.78, 5) is 21.1. The third kappa shape index (κ3) is 5.14. The summed E-state index contributed by atoms with van der Waals surface area (Å²) in [5.74, 6) is -0.302. The highest BCUT2D eigenvalue weighted by atomic mass is 16.4. The minimum Gasteiger partial charge on any atom is -0.478 e. The van der Waals surface area contributed by atoms with Crippen molar-refractivity contribution in [2.45, 2.75) is 13.0 Å². The molecule has 0 spiro atoms. The lowest BCUT2D eigenvalue weighted by Crippen LogP contribution is -2.46. The Labute approximate surface area is 177 Å². The highest BCUT2D eigenvalue weighted by molar-refractivity contribution is 6.03. The number of pyridine rings is 1. The second-order valence-electron chi connectivity index (χ2n) is 7.76. The van der Waals surface area contributed by atoms with Crippen LogP contribution in [0.1, 0.15) is 22.3 Å². The van der Waals surface area contributed by atoms with Crippen LogP contribution in [0.4, 0.5) is 5.82 Å². The molecule has 1 saturated heterocycles. The van der Waals surface area contributed by atoms with Gasteiger partial charge in [0, 0.05) is 44.7 Å². The maximum absolute atomic E-state index is 11.6. The molecule has 6 nitrogen and oxygen atoms in total. The van der Waals surface area contributed by atoms with Gasteiger partial charge in [-0.15, -0.1) is 0 Å². The third-order valence-electron chi connectivity index (χ3n) is 5.62. The zero-order chi connectivity index (χ0) is 20.8. The molecule has 0 bridgehead atoms. The van der Waals surface area contributed by atoms with Gasteiger partial charge in [-0.05, 0) is 30.7 Å². The van der Waals surface area contributed by atoms with Crippen molar-refractivity contribution < 1.29 is 9.90 Å². The second-order valence-corrected chi connectivity index (χ2v) is 7.76. The first kappa shape index (κ1) is 20.3. The van der Waals surface area contributed by atoms with E-state index in [1.807, 2.05) is 18.2 Å². The molecule has 0 unspecified atom stereocenters. The highest BCUT2D eigenvalue weighted by Gasteiger charge is 2.16. The predicted octanol–water partition coefficient (Wildman–Crippen LogP) is 3.55. The zero-order valence-corrected chi connectivity index (χ0v) is 17.1. The van der Waals surface area contributed by atoms with Gasteiger partial charge in [-0.25, -0.2) is 9.78 Å². The Bertz CT molecular complexity index is 985. The summed E-state index contributed by atoms with van der Waals surface area (Å²) in [6.07, 6.45) is 0.996. The summed E-state index contributed by atoms with van der Waals surface area (Å²) in [7, 11) is 0. The Morgan fingerprint density at radius 2 is 1.67 bits per heavy atom. The first-order valence-corrected chi connectivity index (χ1v) is 10.5. The van der Waals surface area contributed by atoms with Gasteiger partial charge in [-0.2, -0.15) is 0 Å². The van der Waals surface area contributed by atoms with Gasteiger partial charge < -0.3 is 15.3 Å². The molecule has 0 aliphatic carbocycles. The van der Waals surface area contributed by atoms with E-state index in [1.165, 1.54) is 5.56 Å². The van der Waals surface area contributed by atoms with Crippen LogP contribution in [0.2, 0.25) is 0 Å². The number of aromatic nitrogens is 1. The molecule has 1 aliphatic heterocycles. The number of carboxylic acids is 1. The molecule has 2 heterocycles. The fourth-order valence-electron chi connectivity index (χ4n) is 3.97. The van der Waals surface area contributed by atoms with Crippen molar-refractivity contribution in [3.63, 3.8) is 0 Å². The number of benzene rings is 2. The van der Waals surface area contributed by atoms with Gasteiger partial charge in [-0.3, -0.25) is 4.90 Å². The van der Waals surface area contributed by atoms with Crippen molar-refractivity contribution in [3.05, 3.63) is 71.8 Å². The number of carboxylic acid groups (broad SMARTS) is 1. The zero-order valence-electron chi connectivity index (χ0n) is 17.1. The Kier molecular flexibility index (Phi) is 6.57. The van der Waals surface area contributed by atoms with Crippen molar-refractivity contribution in [2.75, 3.05) is 44.6 Å². The van der Waals surface area contributed by atoms with Crippen molar-refractivity contribution in [2.24, 2.45) is 0 Å². The van der Waals surface area contributed by atoms with Crippen LogP contribution in [0, 0.1) is 0 Å². The number of anilines is 1. The van der Waals surface area contributed by atoms with Gasteiger partial charge in [0.15, 0.2) is 0 Å². The Morgan fingerprint density at radius 1 is 0.967 bits per heavy atom. The van der Waals surface area contributed by atoms with Gasteiger partial charge in [-0.1, -0.05) is 48.5 Å². The van der Waals surface area contributed by atoms with Crippen LogP contribution in [-0.2, 0) is 6.54 Å². The molecule has 0 amide bonds. The summed E-state index contributed by atoms with van der Waals surface area (Å²) in [6.45, 7) is 7.19. The predicted molar refractivity (Wildman–Crippen MR) is 120 cm³/mol. The molecule has 1 aliphatic rings. The molecular formula is C24H28N4O2.